The molecule has 1 saturated heterocycles. The molecule has 1 unspecified atom stereocenters. The summed E-state index contributed by atoms with van der Waals surface area (Å²) in [5, 5.41) is 11.3. The van der Waals surface area contributed by atoms with Gasteiger partial charge >= 0.3 is 0 Å². The Morgan fingerprint density at radius 2 is 2.12 bits per heavy atom. The van der Waals surface area contributed by atoms with Crippen LogP contribution in [0.2, 0.25) is 0 Å². The smallest absolute Gasteiger partial charge is 0.269 e. The fourth-order valence-electron chi connectivity index (χ4n) is 3.42. The highest BCUT2D eigenvalue weighted by atomic mass is 16.2. The van der Waals surface area contributed by atoms with Gasteiger partial charge in [-0.2, -0.15) is 10.2 Å². The zero-order valence-corrected chi connectivity index (χ0v) is 15.4. The Labute approximate surface area is 152 Å². The van der Waals surface area contributed by atoms with Gasteiger partial charge in [0.25, 0.3) is 11.5 Å². The van der Waals surface area contributed by atoms with Crippen LogP contribution in [0.4, 0.5) is 0 Å². The van der Waals surface area contributed by atoms with Crippen molar-refractivity contribution in [3.63, 3.8) is 0 Å². The first-order valence-corrected chi connectivity index (χ1v) is 9.09. The maximum Gasteiger partial charge on any atom is 0.269 e. The Kier molecular flexibility index (Phi) is 5.82. The SMILES string of the molecule is Cc1ccc(=O)n(CCN2CCCCC2CNC(=O)c2ccnn2C)n1. The summed E-state index contributed by atoms with van der Waals surface area (Å²) in [4.78, 5) is 26.6. The van der Waals surface area contributed by atoms with E-state index in [4.69, 9.17) is 0 Å². The Bertz CT molecular complexity index is 812. The number of carbonyl (C=O) groups is 1. The molecule has 0 spiro atoms. The zero-order valence-electron chi connectivity index (χ0n) is 15.4. The summed E-state index contributed by atoms with van der Waals surface area (Å²) < 4.78 is 3.10. The van der Waals surface area contributed by atoms with Crippen molar-refractivity contribution in [2.45, 2.75) is 38.8 Å². The van der Waals surface area contributed by atoms with E-state index in [2.05, 4.69) is 20.4 Å². The van der Waals surface area contributed by atoms with E-state index in [1.165, 1.54) is 4.68 Å². The number of hydrogen-bond acceptors (Lipinski definition) is 5. The second-order valence-electron chi connectivity index (χ2n) is 6.77. The second-order valence-corrected chi connectivity index (χ2v) is 6.77. The van der Waals surface area contributed by atoms with Crippen molar-refractivity contribution in [3.8, 4) is 0 Å². The summed E-state index contributed by atoms with van der Waals surface area (Å²) in [5.74, 6) is -0.105. The first-order chi connectivity index (χ1) is 12.5. The van der Waals surface area contributed by atoms with Crippen molar-refractivity contribution in [2.75, 3.05) is 19.6 Å². The molecule has 0 aromatic carbocycles. The molecule has 8 heteroatoms. The minimum atomic E-state index is -0.105. The van der Waals surface area contributed by atoms with Gasteiger partial charge in [-0.15, -0.1) is 0 Å². The molecule has 1 atom stereocenters. The molecule has 2 aromatic rings. The van der Waals surface area contributed by atoms with Crippen LogP contribution in [0.1, 0.15) is 35.4 Å². The molecule has 1 amide bonds. The van der Waals surface area contributed by atoms with Crippen LogP contribution in [0.15, 0.2) is 29.2 Å². The van der Waals surface area contributed by atoms with Gasteiger partial charge in [0.15, 0.2) is 0 Å². The highest BCUT2D eigenvalue weighted by molar-refractivity contribution is 5.92. The molecule has 0 saturated carbocycles. The van der Waals surface area contributed by atoms with E-state index in [0.717, 1.165) is 38.0 Å². The fourth-order valence-corrected chi connectivity index (χ4v) is 3.42. The van der Waals surface area contributed by atoms with Crippen LogP contribution >= 0.6 is 0 Å². The van der Waals surface area contributed by atoms with Gasteiger partial charge in [-0.1, -0.05) is 6.42 Å². The number of aromatic nitrogens is 4. The third kappa shape index (κ3) is 4.37. The molecule has 26 heavy (non-hydrogen) atoms. The van der Waals surface area contributed by atoms with Gasteiger partial charge in [0.05, 0.1) is 12.2 Å². The summed E-state index contributed by atoms with van der Waals surface area (Å²) >= 11 is 0. The first-order valence-electron chi connectivity index (χ1n) is 9.09. The summed E-state index contributed by atoms with van der Waals surface area (Å²) in [6.45, 7) is 4.77. The third-order valence-electron chi connectivity index (χ3n) is 4.90. The highest BCUT2D eigenvalue weighted by Gasteiger charge is 2.23. The van der Waals surface area contributed by atoms with Gasteiger partial charge in [0.2, 0.25) is 0 Å². The maximum atomic E-state index is 12.3. The zero-order chi connectivity index (χ0) is 18.5. The number of amides is 1. The molecule has 3 rings (SSSR count). The van der Waals surface area contributed by atoms with Crippen LogP contribution in [0, 0.1) is 6.92 Å². The highest BCUT2D eigenvalue weighted by Crippen LogP contribution is 2.16. The lowest BCUT2D eigenvalue weighted by Crippen LogP contribution is -2.48. The number of aryl methyl sites for hydroxylation is 2. The van der Waals surface area contributed by atoms with Gasteiger partial charge in [-0.3, -0.25) is 19.2 Å². The molecule has 8 nitrogen and oxygen atoms in total. The predicted octanol–water partition coefficient (Wildman–Crippen LogP) is 0.570. The lowest BCUT2D eigenvalue weighted by atomic mass is 10.0. The molecular formula is C18H26N6O2. The van der Waals surface area contributed by atoms with Crippen molar-refractivity contribution in [3.05, 3.63) is 46.1 Å². The summed E-state index contributed by atoms with van der Waals surface area (Å²) in [6.07, 6.45) is 4.96. The molecule has 0 radical (unpaired) electrons. The minimum absolute atomic E-state index is 0.0753. The number of hydrogen-bond donors (Lipinski definition) is 1. The molecule has 2 aromatic heterocycles. The molecule has 1 fully saturated rings. The predicted molar refractivity (Wildman–Crippen MR) is 98.0 cm³/mol. The maximum absolute atomic E-state index is 12.3. The lowest BCUT2D eigenvalue weighted by molar-refractivity contribution is 0.0900. The summed E-state index contributed by atoms with van der Waals surface area (Å²) in [7, 11) is 1.76. The second kappa shape index (κ2) is 8.27. The standard InChI is InChI=1S/C18H26N6O2/c1-14-6-7-17(25)24(21-14)12-11-23-10-4-3-5-15(23)13-19-18(26)16-8-9-20-22(16)2/h6-9,15H,3-5,10-13H2,1-2H3,(H,19,26). The Hall–Kier alpha value is -2.48. The molecule has 1 N–H and O–H groups in total. The van der Waals surface area contributed by atoms with Crippen molar-refractivity contribution in [1.29, 1.82) is 0 Å². The van der Waals surface area contributed by atoms with Crippen molar-refractivity contribution >= 4 is 5.91 Å². The van der Waals surface area contributed by atoms with Crippen LogP contribution in [0.3, 0.4) is 0 Å². The first kappa shape index (κ1) is 18.3. The molecule has 140 valence electrons. The number of nitrogens with one attached hydrogen (secondary N) is 1. The number of rotatable bonds is 6. The molecule has 1 aliphatic rings. The number of piperidine rings is 1. The van der Waals surface area contributed by atoms with Gasteiger partial charge < -0.3 is 5.32 Å². The van der Waals surface area contributed by atoms with E-state index in [-0.39, 0.29) is 17.5 Å². The van der Waals surface area contributed by atoms with Crippen molar-refractivity contribution in [1.82, 2.24) is 29.8 Å². The van der Waals surface area contributed by atoms with Crippen LogP contribution in [-0.2, 0) is 13.6 Å². The monoisotopic (exact) mass is 358 g/mol. The topological polar surface area (TPSA) is 85.0 Å². The van der Waals surface area contributed by atoms with Crippen molar-refractivity contribution in [2.24, 2.45) is 7.05 Å². The molecule has 3 heterocycles. The van der Waals surface area contributed by atoms with E-state index in [1.807, 2.05) is 6.92 Å². The normalized spacial score (nSPS) is 18.0. The van der Waals surface area contributed by atoms with E-state index in [0.29, 0.717) is 18.8 Å². The van der Waals surface area contributed by atoms with Crippen LogP contribution in [0.5, 0.6) is 0 Å². The molecular weight excluding hydrogens is 332 g/mol. The average molecular weight is 358 g/mol. The largest absolute Gasteiger partial charge is 0.349 e. The third-order valence-corrected chi connectivity index (χ3v) is 4.90. The number of carbonyl (C=O) groups excluding carboxylic acids is 1. The quantitative estimate of drug-likeness (QED) is 0.816. The molecule has 0 aliphatic carbocycles. The van der Waals surface area contributed by atoms with E-state index in [1.54, 1.807) is 36.1 Å². The van der Waals surface area contributed by atoms with Crippen molar-refractivity contribution < 1.29 is 4.79 Å². The number of nitrogens with zero attached hydrogens (tertiary/aromatic N) is 5. The average Bonchev–Trinajstić information content (AvgIpc) is 3.07. The number of likely N-dealkylation sites (tertiary alicyclic amines) is 1. The van der Waals surface area contributed by atoms with Crippen LogP contribution in [0.25, 0.3) is 0 Å². The molecule has 1 aliphatic heterocycles. The van der Waals surface area contributed by atoms with E-state index >= 15 is 0 Å². The van der Waals surface area contributed by atoms with Gasteiger partial charge in [0, 0.05) is 38.4 Å². The minimum Gasteiger partial charge on any atom is -0.349 e. The molecule has 0 bridgehead atoms. The van der Waals surface area contributed by atoms with Gasteiger partial charge in [0.1, 0.15) is 5.69 Å². The fraction of sp³-hybridized carbons (Fsp3) is 0.556. The van der Waals surface area contributed by atoms with E-state index in [9.17, 15) is 9.59 Å². The summed E-state index contributed by atoms with van der Waals surface area (Å²) in [5.41, 5.74) is 1.32. The van der Waals surface area contributed by atoms with Gasteiger partial charge in [-0.25, -0.2) is 4.68 Å². The lowest BCUT2D eigenvalue weighted by Gasteiger charge is -2.35. The van der Waals surface area contributed by atoms with Crippen LogP contribution in [-0.4, -0.2) is 56.0 Å². The summed E-state index contributed by atoms with van der Waals surface area (Å²) in [6, 6.07) is 5.28. The Morgan fingerprint density at radius 1 is 1.27 bits per heavy atom. The van der Waals surface area contributed by atoms with Gasteiger partial charge in [-0.05, 0) is 38.4 Å². The Morgan fingerprint density at radius 3 is 2.88 bits per heavy atom. The van der Waals surface area contributed by atoms with Crippen LogP contribution < -0.4 is 10.9 Å². The van der Waals surface area contributed by atoms with E-state index < -0.39 is 0 Å². The Balaban J connectivity index is 1.57.